The maximum atomic E-state index is 14.0. The van der Waals surface area contributed by atoms with Gasteiger partial charge < -0.3 is 9.84 Å². The molecule has 0 spiro atoms. The van der Waals surface area contributed by atoms with E-state index in [-0.39, 0.29) is 11.6 Å². The molecule has 3 rings (SSSR count). The molecule has 0 atom stereocenters. The van der Waals surface area contributed by atoms with Crippen LogP contribution in [0.5, 0.6) is 17.5 Å². The molecule has 0 unspecified atom stereocenters. The van der Waals surface area contributed by atoms with Crippen LogP contribution in [0.1, 0.15) is 0 Å². The first kappa shape index (κ1) is 14.8. The van der Waals surface area contributed by atoms with Gasteiger partial charge in [0.05, 0.1) is 5.69 Å². The lowest BCUT2D eigenvalue weighted by Gasteiger charge is -2.09. The van der Waals surface area contributed by atoms with Crippen LogP contribution in [0.4, 0.5) is 8.78 Å². The van der Waals surface area contributed by atoms with Gasteiger partial charge >= 0.3 is 5.69 Å². The number of para-hydroxylation sites is 1. The first-order chi connectivity index (χ1) is 11.0. The summed E-state index contributed by atoms with van der Waals surface area (Å²) in [6, 6.07) is 11.0. The fourth-order valence-corrected chi connectivity index (χ4v) is 2.13. The molecule has 0 fully saturated rings. The highest BCUT2D eigenvalue weighted by Crippen LogP contribution is 2.32. The first-order valence-corrected chi connectivity index (χ1v) is 6.68. The molecule has 0 bridgehead atoms. The fraction of sp³-hybridized carbons (Fsp3) is 0.0625. The predicted octanol–water partition coefficient (Wildman–Crippen LogP) is 2.95. The Labute approximate surface area is 129 Å². The molecule has 0 saturated heterocycles. The maximum Gasteiger partial charge on any atom is 0.338 e. The van der Waals surface area contributed by atoms with Crippen LogP contribution >= 0.6 is 0 Å². The maximum absolute atomic E-state index is 14.0. The van der Waals surface area contributed by atoms with Crippen LogP contribution in [0.25, 0.3) is 5.69 Å². The van der Waals surface area contributed by atoms with Crippen molar-refractivity contribution in [3.05, 3.63) is 70.6 Å². The van der Waals surface area contributed by atoms with Crippen LogP contribution in [0.15, 0.2) is 53.3 Å². The molecular weight excluding hydrogens is 306 g/mol. The van der Waals surface area contributed by atoms with Crippen LogP contribution in [-0.2, 0) is 7.05 Å². The summed E-state index contributed by atoms with van der Waals surface area (Å²) in [5, 5.41) is 10.1. The molecule has 5 nitrogen and oxygen atoms in total. The average Bonchev–Trinajstić information content (AvgIpc) is 2.75. The Morgan fingerprint density at radius 2 is 1.78 bits per heavy atom. The molecular formula is C16H12F2N2O3. The van der Waals surface area contributed by atoms with Gasteiger partial charge in [-0.2, -0.15) is 0 Å². The van der Waals surface area contributed by atoms with Gasteiger partial charge in [0.2, 0.25) is 0 Å². The van der Waals surface area contributed by atoms with Crippen LogP contribution in [0.3, 0.4) is 0 Å². The summed E-state index contributed by atoms with van der Waals surface area (Å²) in [5.41, 5.74) is -1.12. The number of aromatic hydroxyl groups is 1. The second-order valence-corrected chi connectivity index (χ2v) is 4.82. The van der Waals surface area contributed by atoms with Gasteiger partial charge in [-0.05, 0) is 24.3 Å². The number of aromatic nitrogens is 2. The third kappa shape index (κ3) is 2.57. The second-order valence-electron chi connectivity index (χ2n) is 4.82. The van der Waals surface area contributed by atoms with Gasteiger partial charge in [0.1, 0.15) is 17.4 Å². The second kappa shape index (κ2) is 5.60. The molecule has 2 aromatic carbocycles. The van der Waals surface area contributed by atoms with Crippen molar-refractivity contribution < 1.29 is 18.6 Å². The van der Waals surface area contributed by atoms with Gasteiger partial charge in [-0.3, -0.25) is 4.57 Å². The smallest absolute Gasteiger partial charge is 0.338 e. The molecule has 0 aliphatic carbocycles. The molecule has 0 aliphatic rings. The van der Waals surface area contributed by atoms with E-state index in [1.165, 1.54) is 7.05 Å². The van der Waals surface area contributed by atoms with Crippen LogP contribution in [0.2, 0.25) is 0 Å². The molecule has 0 saturated carbocycles. The highest BCUT2D eigenvalue weighted by atomic mass is 19.1. The van der Waals surface area contributed by atoms with Crippen molar-refractivity contribution in [2.45, 2.75) is 0 Å². The quantitative estimate of drug-likeness (QED) is 0.808. The van der Waals surface area contributed by atoms with Gasteiger partial charge in [-0.1, -0.05) is 18.2 Å². The van der Waals surface area contributed by atoms with E-state index in [0.717, 1.165) is 27.3 Å². The summed E-state index contributed by atoms with van der Waals surface area (Å²) in [4.78, 5) is 12.3. The largest absolute Gasteiger partial charge is 0.491 e. The van der Waals surface area contributed by atoms with E-state index in [1.54, 1.807) is 30.3 Å². The molecule has 1 N–H and O–H groups in total. The first-order valence-electron chi connectivity index (χ1n) is 6.68. The molecule has 7 heteroatoms. The van der Waals surface area contributed by atoms with Gasteiger partial charge in [-0.15, -0.1) is 0 Å². The van der Waals surface area contributed by atoms with Crippen molar-refractivity contribution in [3.63, 3.8) is 0 Å². The number of halogens is 2. The topological polar surface area (TPSA) is 56.4 Å². The molecule has 118 valence electrons. The zero-order chi connectivity index (χ0) is 16.6. The number of ether oxygens (including phenoxy) is 1. The van der Waals surface area contributed by atoms with E-state index >= 15 is 0 Å². The third-order valence-electron chi connectivity index (χ3n) is 3.30. The Bertz CT molecular complexity index is 917. The summed E-state index contributed by atoms with van der Waals surface area (Å²) in [6.45, 7) is 0. The Hall–Kier alpha value is -3.09. The van der Waals surface area contributed by atoms with Crippen LogP contribution in [-0.4, -0.2) is 14.2 Å². The van der Waals surface area contributed by atoms with Crippen molar-refractivity contribution in [2.24, 2.45) is 7.05 Å². The Morgan fingerprint density at radius 3 is 2.48 bits per heavy atom. The van der Waals surface area contributed by atoms with Crippen LogP contribution < -0.4 is 10.4 Å². The fourth-order valence-electron chi connectivity index (χ4n) is 2.13. The van der Waals surface area contributed by atoms with Gasteiger partial charge in [0, 0.05) is 13.1 Å². The molecule has 1 heterocycles. The number of nitrogens with zero attached hydrogens (tertiary/aromatic N) is 2. The van der Waals surface area contributed by atoms with Gasteiger partial charge in [-0.25, -0.2) is 18.1 Å². The number of benzene rings is 2. The van der Waals surface area contributed by atoms with Crippen molar-refractivity contribution in [1.29, 1.82) is 0 Å². The lowest BCUT2D eigenvalue weighted by atomic mass is 10.3. The zero-order valence-electron chi connectivity index (χ0n) is 12.0. The zero-order valence-corrected chi connectivity index (χ0v) is 12.0. The Kier molecular flexibility index (Phi) is 3.61. The van der Waals surface area contributed by atoms with E-state index in [4.69, 9.17) is 4.74 Å². The lowest BCUT2D eigenvalue weighted by Crippen LogP contribution is -2.22. The molecule has 0 radical (unpaired) electrons. The van der Waals surface area contributed by atoms with Crippen molar-refractivity contribution >= 4 is 0 Å². The number of hydrogen-bond donors (Lipinski definition) is 1. The minimum atomic E-state index is -0.822. The minimum absolute atomic E-state index is 0.298. The highest BCUT2D eigenvalue weighted by molar-refractivity contribution is 5.44. The minimum Gasteiger partial charge on any atom is -0.491 e. The standard InChI is InChI=1S/C16H12F2N2O3/c1-19-14(21)15(23-11-5-3-2-4-6-11)20(16(19)22)13-9-10(17)7-8-12(13)18/h2-9,21H,1H3. The van der Waals surface area contributed by atoms with E-state index in [1.807, 2.05) is 0 Å². The molecule has 0 aliphatic heterocycles. The SMILES string of the molecule is Cn1c(O)c(Oc2ccccc2)n(-c2cc(F)ccc2F)c1=O. The summed E-state index contributed by atoms with van der Waals surface area (Å²) in [7, 11) is 1.29. The molecule has 0 amide bonds. The summed E-state index contributed by atoms with van der Waals surface area (Å²) >= 11 is 0. The van der Waals surface area contributed by atoms with E-state index < -0.39 is 23.2 Å². The van der Waals surface area contributed by atoms with Crippen molar-refractivity contribution in [2.75, 3.05) is 0 Å². The van der Waals surface area contributed by atoms with Gasteiger partial charge in [0.15, 0.2) is 0 Å². The summed E-state index contributed by atoms with van der Waals surface area (Å²) < 4.78 is 34.6. The summed E-state index contributed by atoms with van der Waals surface area (Å²) in [6.07, 6.45) is 0. The van der Waals surface area contributed by atoms with E-state index in [0.29, 0.717) is 5.75 Å². The molecule has 23 heavy (non-hydrogen) atoms. The molecule has 1 aromatic heterocycles. The molecule has 3 aromatic rings. The Balaban J connectivity index is 2.22. The van der Waals surface area contributed by atoms with Crippen LogP contribution in [0, 0.1) is 11.6 Å². The Morgan fingerprint density at radius 1 is 1.09 bits per heavy atom. The highest BCUT2D eigenvalue weighted by Gasteiger charge is 2.23. The lowest BCUT2D eigenvalue weighted by molar-refractivity contribution is 0.376. The van der Waals surface area contributed by atoms with Crippen molar-refractivity contribution in [3.8, 4) is 23.2 Å². The van der Waals surface area contributed by atoms with Gasteiger partial charge in [0.25, 0.3) is 11.8 Å². The normalized spacial score (nSPS) is 10.7. The number of hydrogen-bond acceptors (Lipinski definition) is 3. The number of imidazole rings is 1. The average molecular weight is 318 g/mol. The monoisotopic (exact) mass is 318 g/mol. The third-order valence-corrected chi connectivity index (χ3v) is 3.30. The van der Waals surface area contributed by atoms with Crippen molar-refractivity contribution in [1.82, 2.24) is 9.13 Å². The van der Waals surface area contributed by atoms with E-state index in [2.05, 4.69) is 0 Å². The predicted molar refractivity (Wildman–Crippen MR) is 79.1 cm³/mol. The number of rotatable bonds is 3. The van der Waals surface area contributed by atoms with E-state index in [9.17, 15) is 18.7 Å². The summed E-state index contributed by atoms with van der Waals surface area (Å²) in [5.74, 6) is -2.01.